The summed E-state index contributed by atoms with van der Waals surface area (Å²) in [5.41, 5.74) is 0.300. The molecule has 2 rings (SSSR count). The molecule has 0 aromatic heterocycles. The van der Waals surface area contributed by atoms with Gasteiger partial charge in [-0.2, -0.15) is 8.78 Å². The van der Waals surface area contributed by atoms with Crippen LogP contribution in [0, 0.1) is 11.8 Å². The highest BCUT2D eigenvalue weighted by atomic mass is 19.3. The summed E-state index contributed by atoms with van der Waals surface area (Å²) in [6, 6.07) is 5.61. The molecule has 1 aromatic rings. The molecule has 1 saturated carbocycles. The van der Waals surface area contributed by atoms with Crippen LogP contribution in [-0.4, -0.2) is 23.6 Å². The average Bonchev–Trinajstić information content (AvgIpc) is 2.87. The van der Waals surface area contributed by atoms with Gasteiger partial charge in [0.1, 0.15) is 5.75 Å². The van der Waals surface area contributed by atoms with E-state index in [0.29, 0.717) is 24.9 Å². The summed E-state index contributed by atoms with van der Waals surface area (Å²) in [6.45, 7) is -2.94. The Morgan fingerprint density at radius 2 is 2.00 bits per heavy atom. The van der Waals surface area contributed by atoms with Crippen LogP contribution in [0.3, 0.4) is 0 Å². The van der Waals surface area contributed by atoms with Gasteiger partial charge in [0.25, 0.3) is 0 Å². The third-order valence-corrected chi connectivity index (χ3v) is 3.50. The Labute approximate surface area is 119 Å². The van der Waals surface area contributed by atoms with E-state index in [1.165, 1.54) is 24.3 Å². The third-order valence-electron chi connectivity index (χ3n) is 3.50. The van der Waals surface area contributed by atoms with Gasteiger partial charge in [-0.3, -0.25) is 9.59 Å². The fourth-order valence-corrected chi connectivity index (χ4v) is 2.55. The number of hydrogen-bond donors (Lipinski definition) is 2. The predicted molar refractivity (Wildman–Crippen MR) is 70.2 cm³/mol. The van der Waals surface area contributed by atoms with E-state index >= 15 is 0 Å². The molecule has 0 unspecified atom stereocenters. The highest BCUT2D eigenvalue weighted by Crippen LogP contribution is 2.33. The van der Waals surface area contributed by atoms with Crippen LogP contribution in [0.1, 0.15) is 19.3 Å². The van der Waals surface area contributed by atoms with Gasteiger partial charge < -0.3 is 15.2 Å². The number of carbonyl (C=O) groups excluding carboxylic acids is 1. The van der Waals surface area contributed by atoms with Gasteiger partial charge in [0.15, 0.2) is 0 Å². The molecule has 1 aliphatic carbocycles. The van der Waals surface area contributed by atoms with Gasteiger partial charge in [0, 0.05) is 11.8 Å². The lowest BCUT2D eigenvalue weighted by molar-refractivity contribution is -0.145. The molecule has 0 spiro atoms. The summed E-state index contributed by atoms with van der Waals surface area (Å²) in [4.78, 5) is 23.2. The molecular weight excluding hydrogens is 284 g/mol. The van der Waals surface area contributed by atoms with Crippen molar-refractivity contribution < 1.29 is 28.2 Å². The monoisotopic (exact) mass is 299 g/mol. The molecule has 0 radical (unpaired) electrons. The second kappa shape index (κ2) is 6.51. The van der Waals surface area contributed by atoms with Crippen LogP contribution in [-0.2, 0) is 9.59 Å². The lowest BCUT2D eigenvalue weighted by Gasteiger charge is -2.16. The molecular formula is C14H15F2NO4. The lowest BCUT2D eigenvalue weighted by atomic mass is 9.95. The zero-order chi connectivity index (χ0) is 15.4. The van der Waals surface area contributed by atoms with Crippen molar-refractivity contribution >= 4 is 17.6 Å². The van der Waals surface area contributed by atoms with Crippen LogP contribution in [0.25, 0.3) is 0 Å². The molecule has 7 heteroatoms. The standard InChI is InChI=1S/C14H15F2NO4/c15-14(16)21-9-4-1-3-8(7-9)17-12(18)10-5-2-6-11(10)13(19)20/h1,3-4,7,10-11,14H,2,5-6H2,(H,17,18)(H,19,20)/t10-,11+/m1/s1. The SMILES string of the molecule is O=C(O)[C@H]1CCC[C@H]1C(=O)Nc1cccc(OC(F)F)c1. The van der Waals surface area contributed by atoms with Gasteiger partial charge in [0.05, 0.1) is 11.8 Å². The summed E-state index contributed by atoms with van der Waals surface area (Å²) >= 11 is 0. The van der Waals surface area contributed by atoms with E-state index in [0.717, 1.165) is 0 Å². The number of carboxylic acid groups (broad SMARTS) is 1. The fraction of sp³-hybridized carbons (Fsp3) is 0.429. The van der Waals surface area contributed by atoms with Crippen molar-refractivity contribution in [1.82, 2.24) is 0 Å². The Morgan fingerprint density at radius 1 is 1.29 bits per heavy atom. The largest absolute Gasteiger partial charge is 0.481 e. The highest BCUT2D eigenvalue weighted by Gasteiger charge is 2.37. The van der Waals surface area contributed by atoms with Crippen LogP contribution < -0.4 is 10.1 Å². The van der Waals surface area contributed by atoms with E-state index in [-0.39, 0.29) is 5.75 Å². The number of carboxylic acids is 1. The minimum absolute atomic E-state index is 0.0657. The van der Waals surface area contributed by atoms with Crippen LogP contribution in [0.5, 0.6) is 5.75 Å². The molecule has 0 bridgehead atoms. The van der Waals surface area contributed by atoms with E-state index in [2.05, 4.69) is 10.1 Å². The van der Waals surface area contributed by atoms with Crippen molar-refractivity contribution in [2.45, 2.75) is 25.9 Å². The summed E-state index contributed by atoms with van der Waals surface area (Å²) in [6.07, 6.45) is 1.67. The molecule has 1 aliphatic rings. The Bertz CT molecular complexity index is 535. The first-order valence-electron chi connectivity index (χ1n) is 6.56. The van der Waals surface area contributed by atoms with Gasteiger partial charge >= 0.3 is 12.6 Å². The number of ether oxygens (including phenoxy) is 1. The molecule has 1 aromatic carbocycles. The molecule has 0 aliphatic heterocycles. The van der Waals surface area contributed by atoms with E-state index in [9.17, 15) is 18.4 Å². The van der Waals surface area contributed by atoms with Crippen molar-refractivity contribution in [1.29, 1.82) is 0 Å². The molecule has 5 nitrogen and oxygen atoms in total. The lowest BCUT2D eigenvalue weighted by Crippen LogP contribution is -2.29. The smallest absolute Gasteiger partial charge is 0.387 e. The number of benzene rings is 1. The van der Waals surface area contributed by atoms with E-state index in [4.69, 9.17) is 5.11 Å². The number of hydrogen-bond acceptors (Lipinski definition) is 3. The number of nitrogens with one attached hydrogen (secondary N) is 1. The quantitative estimate of drug-likeness (QED) is 0.876. The normalized spacial score (nSPS) is 21.3. The van der Waals surface area contributed by atoms with Gasteiger partial charge in [-0.15, -0.1) is 0 Å². The molecule has 0 heterocycles. The Hall–Kier alpha value is -2.18. The van der Waals surface area contributed by atoms with Crippen molar-refractivity contribution in [2.75, 3.05) is 5.32 Å². The molecule has 2 N–H and O–H groups in total. The predicted octanol–water partition coefficient (Wildman–Crippen LogP) is 2.73. The van der Waals surface area contributed by atoms with Gasteiger partial charge in [-0.1, -0.05) is 12.5 Å². The molecule has 114 valence electrons. The second-order valence-corrected chi connectivity index (χ2v) is 4.88. The van der Waals surface area contributed by atoms with Crippen molar-refractivity contribution in [2.24, 2.45) is 11.8 Å². The van der Waals surface area contributed by atoms with E-state index in [1.807, 2.05) is 0 Å². The summed E-state index contributed by atoms with van der Waals surface area (Å²) in [7, 11) is 0. The van der Waals surface area contributed by atoms with Gasteiger partial charge in [-0.05, 0) is 25.0 Å². The maximum atomic E-state index is 12.1. The first-order chi connectivity index (χ1) is 9.97. The number of amides is 1. The van der Waals surface area contributed by atoms with E-state index in [1.54, 1.807) is 0 Å². The maximum Gasteiger partial charge on any atom is 0.387 e. The minimum atomic E-state index is -2.94. The zero-order valence-corrected chi connectivity index (χ0v) is 11.1. The first kappa shape index (κ1) is 15.2. The number of halogens is 2. The van der Waals surface area contributed by atoms with Crippen molar-refractivity contribution in [3.63, 3.8) is 0 Å². The molecule has 0 saturated heterocycles. The third kappa shape index (κ3) is 3.90. The second-order valence-electron chi connectivity index (χ2n) is 4.88. The van der Waals surface area contributed by atoms with Gasteiger partial charge in [-0.25, -0.2) is 0 Å². The van der Waals surface area contributed by atoms with E-state index < -0.39 is 30.3 Å². The molecule has 21 heavy (non-hydrogen) atoms. The Balaban J connectivity index is 2.04. The highest BCUT2D eigenvalue weighted by molar-refractivity contribution is 5.95. The summed E-state index contributed by atoms with van der Waals surface area (Å²) in [5.74, 6) is -2.74. The summed E-state index contributed by atoms with van der Waals surface area (Å²) < 4.78 is 28.5. The van der Waals surface area contributed by atoms with Crippen molar-refractivity contribution in [3.8, 4) is 5.75 Å². The number of anilines is 1. The van der Waals surface area contributed by atoms with Crippen molar-refractivity contribution in [3.05, 3.63) is 24.3 Å². The number of aliphatic carboxylic acids is 1. The molecule has 2 atom stereocenters. The van der Waals surface area contributed by atoms with Crippen LogP contribution >= 0.6 is 0 Å². The first-order valence-corrected chi connectivity index (χ1v) is 6.56. The topological polar surface area (TPSA) is 75.6 Å². The van der Waals surface area contributed by atoms with Gasteiger partial charge in [0.2, 0.25) is 5.91 Å². The Morgan fingerprint density at radius 3 is 2.67 bits per heavy atom. The molecule has 1 amide bonds. The van der Waals surface area contributed by atoms with Crippen LogP contribution in [0.15, 0.2) is 24.3 Å². The summed E-state index contributed by atoms with van der Waals surface area (Å²) in [5, 5.41) is 11.6. The average molecular weight is 299 g/mol. The molecule has 1 fully saturated rings. The zero-order valence-electron chi connectivity index (χ0n) is 11.1. The number of rotatable bonds is 5. The number of alkyl halides is 2. The van der Waals surface area contributed by atoms with Crippen LogP contribution in [0.2, 0.25) is 0 Å². The number of carbonyl (C=O) groups is 2. The minimum Gasteiger partial charge on any atom is -0.481 e. The Kier molecular flexibility index (Phi) is 4.72. The fourth-order valence-electron chi connectivity index (χ4n) is 2.55. The maximum absolute atomic E-state index is 12.1. The van der Waals surface area contributed by atoms with Crippen LogP contribution in [0.4, 0.5) is 14.5 Å².